The number of nitrogens with one attached hydrogen (secondary N) is 1. The van der Waals surface area contributed by atoms with E-state index >= 15 is 0 Å². The van der Waals surface area contributed by atoms with Gasteiger partial charge >= 0.3 is 0 Å². The normalized spacial score (nSPS) is 14.3. The summed E-state index contributed by atoms with van der Waals surface area (Å²) in [7, 11) is 0. The maximum atomic E-state index is 12.0. The van der Waals surface area contributed by atoms with Gasteiger partial charge in [0.2, 0.25) is 5.91 Å². The Kier molecular flexibility index (Phi) is 7.72. The second kappa shape index (κ2) is 10.5. The molecule has 144 valence electrons. The first kappa shape index (κ1) is 19.9. The van der Waals surface area contributed by atoms with Crippen LogP contribution in [0.2, 0.25) is 0 Å². The summed E-state index contributed by atoms with van der Waals surface area (Å²) in [6.07, 6.45) is 3.80. The first-order chi connectivity index (χ1) is 13.2. The molecule has 27 heavy (non-hydrogen) atoms. The second-order valence-electron chi connectivity index (χ2n) is 6.96. The first-order valence-electron chi connectivity index (χ1n) is 9.65. The van der Waals surface area contributed by atoms with E-state index in [-0.39, 0.29) is 5.91 Å². The summed E-state index contributed by atoms with van der Waals surface area (Å²) in [4.78, 5) is 14.5. The van der Waals surface area contributed by atoms with E-state index in [1.54, 1.807) is 0 Å². The van der Waals surface area contributed by atoms with Crippen molar-refractivity contribution in [2.45, 2.75) is 38.8 Å². The van der Waals surface area contributed by atoms with E-state index in [9.17, 15) is 4.79 Å². The molecule has 1 saturated heterocycles. The molecule has 0 bridgehead atoms. The van der Waals surface area contributed by atoms with Crippen molar-refractivity contribution in [3.63, 3.8) is 0 Å². The molecular formula is C22H27BrN2O2. The average molecular weight is 431 g/mol. The highest BCUT2D eigenvalue weighted by Gasteiger charge is 2.11. The third kappa shape index (κ3) is 6.67. The van der Waals surface area contributed by atoms with E-state index in [0.29, 0.717) is 26.0 Å². The molecule has 0 spiro atoms. The number of hydrogen-bond donors (Lipinski definition) is 1. The third-order valence-corrected chi connectivity index (χ3v) is 5.42. The highest BCUT2D eigenvalue weighted by atomic mass is 79.9. The quantitative estimate of drug-likeness (QED) is 0.594. The van der Waals surface area contributed by atoms with E-state index in [1.807, 2.05) is 24.3 Å². The van der Waals surface area contributed by atoms with Crippen molar-refractivity contribution in [2.24, 2.45) is 0 Å². The number of hydrogen-bond acceptors (Lipinski definition) is 3. The van der Waals surface area contributed by atoms with Crippen molar-refractivity contribution in [1.29, 1.82) is 0 Å². The predicted molar refractivity (Wildman–Crippen MR) is 112 cm³/mol. The Morgan fingerprint density at radius 2 is 1.74 bits per heavy atom. The minimum absolute atomic E-state index is 0.0619. The van der Waals surface area contributed by atoms with Gasteiger partial charge in [0.25, 0.3) is 0 Å². The van der Waals surface area contributed by atoms with Gasteiger partial charge in [0.1, 0.15) is 5.75 Å². The zero-order chi connectivity index (χ0) is 18.9. The van der Waals surface area contributed by atoms with Gasteiger partial charge in [-0.2, -0.15) is 0 Å². The molecule has 1 aliphatic heterocycles. The fourth-order valence-electron chi connectivity index (χ4n) is 3.23. The van der Waals surface area contributed by atoms with Gasteiger partial charge in [0.05, 0.1) is 11.1 Å². The minimum Gasteiger partial charge on any atom is -0.492 e. The topological polar surface area (TPSA) is 41.6 Å². The number of carbonyl (C=O) groups is 1. The predicted octanol–water partition coefficient (Wildman–Crippen LogP) is 4.52. The smallest absolute Gasteiger partial charge is 0.220 e. The molecule has 1 aliphatic rings. The van der Waals surface area contributed by atoms with Crippen LogP contribution in [-0.4, -0.2) is 30.5 Å². The second-order valence-corrected chi connectivity index (χ2v) is 7.81. The lowest BCUT2D eigenvalue weighted by Gasteiger charge is -2.14. The van der Waals surface area contributed by atoms with E-state index < -0.39 is 0 Å². The Morgan fingerprint density at radius 1 is 1.04 bits per heavy atom. The largest absolute Gasteiger partial charge is 0.492 e. The van der Waals surface area contributed by atoms with Crippen molar-refractivity contribution in [3.05, 3.63) is 64.1 Å². The Bertz CT molecular complexity index is 727. The number of para-hydroxylation sites is 1. The van der Waals surface area contributed by atoms with Crippen LogP contribution in [0.15, 0.2) is 53.0 Å². The van der Waals surface area contributed by atoms with Crippen molar-refractivity contribution >= 4 is 21.8 Å². The van der Waals surface area contributed by atoms with Gasteiger partial charge in [-0.15, -0.1) is 0 Å². The number of benzene rings is 2. The van der Waals surface area contributed by atoms with Gasteiger partial charge in [-0.3, -0.25) is 9.69 Å². The van der Waals surface area contributed by atoms with Gasteiger partial charge < -0.3 is 10.1 Å². The van der Waals surface area contributed by atoms with Crippen molar-refractivity contribution in [2.75, 3.05) is 19.7 Å². The Hall–Kier alpha value is -1.85. The summed E-state index contributed by atoms with van der Waals surface area (Å²) in [6, 6.07) is 16.3. The fraction of sp³-hybridized carbons (Fsp3) is 0.409. The Morgan fingerprint density at radius 3 is 2.48 bits per heavy atom. The molecule has 0 atom stereocenters. The highest BCUT2D eigenvalue weighted by Crippen LogP contribution is 2.23. The van der Waals surface area contributed by atoms with E-state index in [1.165, 1.54) is 31.5 Å². The molecule has 1 amide bonds. The molecule has 3 rings (SSSR count). The van der Waals surface area contributed by atoms with Crippen molar-refractivity contribution in [3.8, 4) is 5.75 Å². The van der Waals surface area contributed by atoms with Gasteiger partial charge in [-0.25, -0.2) is 0 Å². The number of carbonyl (C=O) groups excluding carboxylic acids is 1. The standard InChI is InChI=1S/C22H27BrN2O2/c23-20-6-1-2-7-21(20)27-15-5-8-22(26)24-16-18-9-11-19(12-10-18)17-25-13-3-4-14-25/h1-2,6-7,9-12H,3-5,8,13-17H2,(H,24,26). The van der Waals surface area contributed by atoms with E-state index in [2.05, 4.69) is 50.4 Å². The zero-order valence-corrected chi connectivity index (χ0v) is 17.2. The summed E-state index contributed by atoms with van der Waals surface area (Å²) in [5.74, 6) is 0.874. The van der Waals surface area contributed by atoms with Crippen LogP contribution in [0.5, 0.6) is 5.75 Å². The molecule has 2 aromatic carbocycles. The highest BCUT2D eigenvalue weighted by molar-refractivity contribution is 9.10. The van der Waals surface area contributed by atoms with Crippen LogP contribution in [0, 0.1) is 0 Å². The van der Waals surface area contributed by atoms with Crippen LogP contribution in [0.25, 0.3) is 0 Å². The SMILES string of the molecule is O=C(CCCOc1ccccc1Br)NCc1ccc(CN2CCCC2)cc1. The lowest BCUT2D eigenvalue weighted by molar-refractivity contribution is -0.121. The van der Waals surface area contributed by atoms with E-state index in [0.717, 1.165) is 22.3 Å². The summed E-state index contributed by atoms with van der Waals surface area (Å²) < 4.78 is 6.62. The van der Waals surface area contributed by atoms with Crippen LogP contribution in [0.1, 0.15) is 36.8 Å². The summed E-state index contributed by atoms with van der Waals surface area (Å²) in [6.45, 7) is 4.56. The molecule has 1 N–H and O–H groups in total. The molecule has 5 heteroatoms. The third-order valence-electron chi connectivity index (χ3n) is 4.76. The number of amides is 1. The van der Waals surface area contributed by atoms with Gasteiger partial charge in [0.15, 0.2) is 0 Å². The summed E-state index contributed by atoms with van der Waals surface area (Å²) in [5.41, 5.74) is 2.48. The number of ether oxygens (including phenoxy) is 1. The molecule has 0 aliphatic carbocycles. The van der Waals surface area contributed by atoms with Crippen LogP contribution >= 0.6 is 15.9 Å². The van der Waals surface area contributed by atoms with Crippen molar-refractivity contribution in [1.82, 2.24) is 10.2 Å². The van der Waals surface area contributed by atoms with E-state index in [4.69, 9.17) is 4.74 Å². The summed E-state index contributed by atoms with van der Waals surface area (Å²) in [5, 5.41) is 2.99. The fourth-order valence-corrected chi connectivity index (χ4v) is 3.63. The lowest BCUT2D eigenvalue weighted by atomic mass is 10.1. The number of nitrogens with zero attached hydrogens (tertiary/aromatic N) is 1. The van der Waals surface area contributed by atoms with Gasteiger partial charge in [-0.1, -0.05) is 36.4 Å². The number of likely N-dealkylation sites (tertiary alicyclic amines) is 1. The van der Waals surface area contributed by atoms with Crippen LogP contribution in [-0.2, 0) is 17.9 Å². The molecule has 0 unspecified atom stereocenters. The Balaban J connectivity index is 1.32. The maximum Gasteiger partial charge on any atom is 0.220 e. The van der Waals surface area contributed by atoms with Gasteiger partial charge in [0, 0.05) is 19.5 Å². The molecule has 2 aromatic rings. The molecular weight excluding hydrogens is 404 g/mol. The molecule has 1 heterocycles. The number of rotatable bonds is 9. The maximum absolute atomic E-state index is 12.0. The monoisotopic (exact) mass is 430 g/mol. The molecule has 1 fully saturated rings. The average Bonchev–Trinajstić information content (AvgIpc) is 3.19. The molecule has 4 nitrogen and oxygen atoms in total. The minimum atomic E-state index is 0.0619. The van der Waals surface area contributed by atoms with Crippen LogP contribution in [0.4, 0.5) is 0 Å². The Labute approximate surface area is 170 Å². The lowest BCUT2D eigenvalue weighted by Crippen LogP contribution is -2.23. The van der Waals surface area contributed by atoms with Crippen LogP contribution < -0.4 is 10.1 Å². The first-order valence-corrected chi connectivity index (χ1v) is 10.4. The zero-order valence-electron chi connectivity index (χ0n) is 15.6. The summed E-state index contributed by atoms with van der Waals surface area (Å²) >= 11 is 3.45. The molecule has 0 saturated carbocycles. The molecule has 0 aromatic heterocycles. The van der Waals surface area contributed by atoms with Crippen molar-refractivity contribution < 1.29 is 9.53 Å². The molecule has 0 radical (unpaired) electrons. The van der Waals surface area contributed by atoms with Crippen LogP contribution in [0.3, 0.4) is 0 Å². The number of halogens is 1. The van der Waals surface area contributed by atoms with Gasteiger partial charge in [-0.05, 0) is 71.5 Å².